The zero-order valence-electron chi connectivity index (χ0n) is 12.0. The molecule has 2 N–H and O–H groups in total. The molecule has 0 aliphatic heterocycles. The molecule has 102 valence electrons. The maximum Gasteiger partial charge on any atom is 0.323 e. The summed E-state index contributed by atoms with van der Waals surface area (Å²) in [6, 6.07) is 0.569. The third-order valence-corrected chi connectivity index (χ3v) is 2.76. The second-order valence-corrected chi connectivity index (χ2v) is 5.18. The SMILES string of the molecule is CCOc1nc(NC)nc(NC(C)C(C)(C)C)n1. The Morgan fingerprint density at radius 2 is 1.78 bits per heavy atom. The van der Waals surface area contributed by atoms with Gasteiger partial charge in [-0.2, -0.15) is 15.0 Å². The van der Waals surface area contributed by atoms with Crippen molar-refractivity contribution in [1.82, 2.24) is 15.0 Å². The summed E-state index contributed by atoms with van der Waals surface area (Å²) in [6.45, 7) is 11.0. The fourth-order valence-electron chi connectivity index (χ4n) is 1.14. The van der Waals surface area contributed by atoms with Crippen molar-refractivity contribution in [2.75, 3.05) is 24.3 Å². The van der Waals surface area contributed by atoms with Gasteiger partial charge in [0, 0.05) is 13.1 Å². The van der Waals surface area contributed by atoms with Crippen LogP contribution in [-0.4, -0.2) is 34.6 Å². The first-order valence-corrected chi connectivity index (χ1v) is 6.20. The van der Waals surface area contributed by atoms with Gasteiger partial charge in [0.15, 0.2) is 0 Å². The number of aromatic nitrogens is 3. The first kappa shape index (κ1) is 14.5. The highest BCUT2D eigenvalue weighted by atomic mass is 16.5. The number of nitrogens with one attached hydrogen (secondary N) is 2. The zero-order valence-corrected chi connectivity index (χ0v) is 12.0. The van der Waals surface area contributed by atoms with Crippen LogP contribution in [0.25, 0.3) is 0 Å². The van der Waals surface area contributed by atoms with Crippen LogP contribution in [0.1, 0.15) is 34.6 Å². The number of hydrogen-bond donors (Lipinski definition) is 2. The highest BCUT2D eigenvalue weighted by Crippen LogP contribution is 2.22. The lowest BCUT2D eigenvalue weighted by Gasteiger charge is -2.28. The van der Waals surface area contributed by atoms with E-state index in [2.05, 4.69) is 53.3 Å². The van der Waals surface area contributed by atoms with Gasteiger partial charge in [-0.05, 0) is 19.3 Å². The Bertz CT molecular complexity index is 389. The lowest BCUT2D eigenvalue weighted by Crippen LogP contribution is -2.31. The molecule has 0 spiro atoms. The molecule has 0 amide bonds. The second-order valence-electron chi connectivity index (χ2n) is 5.18. The summed E-state index contributed by atoms with van der Waals surface area (Å²) < 4.78 is 5.31. The third-order valence-electron chi connectivity index (χ3n) is 2.76. The second kappa shape index (κ2) is 5.84. The van der Waals surface area contributed by atoms with Crippen molar-refractivity contribution in [2.45, 2.75) is 40.7 Å². The van der Waals surface area contributed by atoms with Crippen molar-refractivity contribution >= 4 is 11.9 Å². The van der Waals surface area contributed by atoms with Crippen LogP contribution in [-0.2, 0) is 0 Å². The third kappa shape index (κ3) is 4.01. The summed E-state index contributed by atoms with van der Waals surface area (Å²) in [5.74, 6) is 1.03. The van der Waals surface area contributed by atoms with Gasteiger partial charge in [0.1, 0.15) is 0 Å². The van der Waals surface area contributed by atoms with Gasteiger partial charge in [0.05, 0.1) is 6.61 Å². The molecule has 1 heterocycles. The minimum Gasteiger partial charge on any atom is -0.464 e. The van der Waals surface area contributed by atoms with Crippen molar-refractivity contribution in [2.24, 2.45) is 5.41 Å². The Labute approximate surface area is 109 Å². The smallest absolute Gasteiger partial charge is 0.323 e. The lowest BCUT2D eigenvalue weighted by atomic mass is 9.88. The average molecular weight is 253 g/mol. The summed E-state index contributed by atoms with van der Waals surface area (Å²) in [6.07, 6.45) is 0. The molecule has 0 aromatic carbocycles. The van der Waals surface area contributed by atoms with E-state index in [0.29, 0.717) is 24.5 Å². The van der Waals surface area contributed by atoms with Gasteiger partial charge < -0.3 is 15.4 Å². The van der Waals surface area contributed by atoms with Crippen LogP contribution in [0, 0.1) is 5.41 Å². The van der Waals surface area contributed by atoms with Crippen molar-refractivity contribution < 1.29 is 4.74 Å². The molecule has 0 fully saturated rings. The Morgan fingerprint density at radius 3 is 2.28 bits per heavy atom. The Kier molecular flexibility index (Phi) is 4.69. The highest BCUT2D eigenvalue weighted by molar-refractivity contribution is 5.36. The summed E-state index contributed by atoms with van der Waals surface area (Å²) in [5, 5.41) is 6.17. The molecule has 6 nitrogen and oxygen atoms in total. The van der Waals surface area contributed by atoms with Crippen molar-refractivity contribution in [3.63, 3.8) is 0 Å². The molecule has 0 saturated carbocycles. The van der Waals surface area contributed by atoms with Crippen LogP contribution in [0.4, 0.5) is 11.9 Å². The fourth-order valence-corrected chi connectivity index (χ4v) is 1.14. The molecular weight excluding hydrogens is 230 g/mol. The van der Waals surface area contributed by atoms with Crippen molar-refractivity contribution in [3.8, 4) is 6.01 Å². The van der Waals surface area contributed by atoms with Gasteiger partial charge in [-0.25, -0.2) is 0 Å². The van der Waals surface area contributed by atoms with E-state index >= 15 is 0 Å². The normalized spacial score (nSPS) is 13.0. The first-order valence-electron chi connectivity index (χ1n) is 6.20. The average Bonchev–Trinajstić information content (AvgIpc) is 2.27. The Hall–Kier alpha value is -1.59. The van der Waals surface area contributed by atoms with Crippen molar-refractivity contribution in [1.29, 1.82) is 0 Å². The topological polar surface area (TPSA) is 72.0 Å². The number of hydrogen-bond acceptors (Lipinski definition) is 6. The van der Waals surface area contributed by atoms with E-state index in [1.54, 1.807) is 7.05 Å². The van der Waals surface area contributed by atoms with Gasteiger partial charge in [0.2, 0.25) is 11.9 Å². The molecule has 1 aromatic heterocycles. The molecule has 0 saturated heterocycles. The van der Waals surface area contributed by atoms with Gasteiger partial charge in [0.25, 0.3) is 0 Å². The maximum atomic E-state index is 5.31. The minimum atomic E-state index is 0.123. The standard InChI is InChI=1S/C12H23N5O/c1-7-18-11-16-9(13-6)15-10(17-11)14-8(2)12(3,4)5/h8H,7H2,1-6H3,(H2,13,14,15,16,17). The number of nitrogens with zero attached hydrogens (tertiary/aromatic N) is 3. The number of ether oxygens (including phenoxy) is 1. The van der Waals surface area contributed by atoms with E-state index in [-0.39, 0.29) is 11.5 Å². The molecule has 0 aliphatic rings. The van der Waals surface area contributed by atoms with Crippen LogP contribution in [0.15, 0.2) is 0 Å². The molecular formula is C12H23N5O. The number of anilines is 2. The van der Waals surface area contributed by atoms with Crippen LogP contribution in [0.3, 0.4) is 0 Å². The number of rotatable bonds is 5. The predicted molar refractivity (Wildman–Crippen MR) is 73.1 cm³/mol. The molecule has 18 heavy (non-hydrogen) atoms. The van der Waals surface area contributed by atoms with Crippen LogP contribution < -0.4 is 15.4 Å². The quantitative estimate of drug-likeness (QED) is 0.838. The maximum absolute atomic E-state index is 5.31. The van der Waals surface area contributed by atoms with E-state index in [0.717, 1.165) is 0 Å². The molecule has 1 atom stereocenters. The largest absolute Gasteiger partial charge is 0.464 e. The van der Waals surface area contributed by atoms with E-state index in [9.17, 15) is 0 Å². The van der Waals surface area contributed by atoms with E-state index in [4.69, 9.17) is 4.74 Å². The first-order chi connectivity index (χ1) is 8.36. The molecule has 0 radical (unpaired) electrons. The van der Waals surface area contributed by atoms with Crippen LogP contribution in [0.2, 0.25) is 0 Å². The van der Waals surface area contributed by atoms with Gasteiger partial charge in [-0.1, -0.05) is 20.8 Å². The molecule has 0 bridgehead atoms. The van der Waals surface area contributed by atoms with E-state index in [1.165, 1.54) is 0 Å². The highest BCUT2D eigenvalue weighted by Gasteiger charge is 2.21. The zero-order chi connectivity index (χ0) is 13.8. The Morgan fingerprint density at radius 1 is 1.17 bits per heavy atom. The van der Waals surface area contributed by atoms with Gasteiger partial charge in [-0.15, -0.1) is 0 Å². The molecule has 0 aliphatic carbocycles. The molecule has 1 rings (SSSR count). The summed E-state index contributed by atoms with van der Waals surface area (Å²) in [5.41, 5.74) is 0.123. The van der Waals surface area contributed by atoms with Crippen LogP contribution >= 0.6 is 0 Å². The van der Waals surface area contributed by atoms with E-state index in [1.807, 2.05) is 6.92 Å². The Balaban J connectivity index is 2.90. The minimum absolute atomic E-state index is 0.123. The molecule has 1 aromatic rings. The molecule has 1 unspecified atom stereocenters. The van der Waals surface area contributed by atoms with Crippen LogP contribution in [0.5, 0.6) is 6.01 Å². The van der Waals surface area contributed by atoms with Gasteiger partial charge >= 0.3 is 6.01 Å². The summed E-state index contributed by atoms with van der Waals surface area (Å²) >= 11 is 0. The predicted octanol–water partition coefficient (Wildman–Crippen LogP) is 2.16. The monoisotopic (exact) mass is 253 g/mol. The van der Waals surface area contributed by atoms with E-state index < -0.39 is 0 Å². The lowest BCUT2D eigenvalue weighted by molar-refractivity contribution is 0.311. The summed E-state index contributed by atoms with van der Waals surface area (Å²) in [4.78, 5) is 12.6. The van der Waals surface area contributed by atoms with Crippen molar-refractivity contribution in [3.05, 3.63) is 0 Å². The fraction of sp³-hybridized carbons (Fsp3) is 0.750. The summed E-state index contributed by atoms with van der Waals surface area (Å²) in [7, 11) is 1.77. The molecule has 6 heteroatoms. The van der Waals surface area contributed by atoms with Gasteiger partial charge in [-0.3, -0.25) is 0 Å².